The van der Waals surface area contributed by atoms with E-state index in [0.717, 1.165) is 33.8 Å². The molecule has 1 heterocycles. The first-order valence-electron chi connectivity index (χ1n) is 10.8. The Morgan fingerprint density at radius 2 is 1.47 bits per heavy atom. The number of ether oxygens (including phenoxy) is 1. The maximum atomic E-state index is 14.3. The lowest BCUT2D eigenvalue weighted by molar-refractivity contribution is 0.212. The van der Waals surface area contributed by atoms with Gasteiger partial charge >= 0.3 is 7.60 Å². The lowest BCUT2D eigenvalue weighted by Gasteiger charge is -2.42. The van der Waals surface area contributed by atoms with Crippen LogP contribution in [0.1, 0.15) is 36.3 Å². The van der Waals surface area contributed by atoms with Gasteiger partial charge in [-0.05, 0) is 60.9 Å². The normalized spacial score (nSPS) is 15.8. The number of fused-ring (bicyclic) bond motifs is 1. The topological polar surface area (TPSA) is 48.0 Å². The molecule has 0 N–H and O–H groups in total. The van der Waals surface area contributed by atoms with E-state index < -0.39 is 13.4 Å². The van der Waals surface area contributed by atoms with Gasteiger partial charge in [-0.2, -0.15) is 0 Å². The highest BCUT2D eigenvalue weighted by Crippen LogP contribution is 2.66. The van der Waals surface area contributed by atoms with Gasteiger partial charge in [-0.25, -0.2) is 0 Å². The van der Waals surface area contributed by atoms with E-state index in [4.69, 9.17) is 13.8 Å². The quantitative estimate of drug-likeness (QED) is 0.347. The van der Waals surface area contributed by atoms with Gasteiger partial charge in [-0.15, -0.1) is 0 Å². The molecule has 32 heavy (non-hydrogen) atoms. The second-order valence-electron chi connectivity index (χ2n) is 7.34. The molecule has 5 nitrogen and oxygen atoms in total. The van der Waals surface area contributed by atoms with Gasteiger partial charge in [-0.1, -0.05) is 54.6 Å². The summed E-state index contributed by atoms with van der Waals surface area (Å²) in [5.74, 6) is 0.123. The zero-order valence-electron chi connectivity index (χ0n) is 18.6. The second-order valence-corrected chi connectivity index (χ2v) is 9.43. The summed E-state index contributed by atoms with van der Waals surface area (Å²) in [5.41, 5.74) is 4.73. The SMILES string of the molecule is CCOP(=O)(OCC)C1c2ccccc2C=C(c2ccccc2)N1c1ccc(OC)cc1. The summed E-state index contributed by atoms with van der Waals surface area (Å²) in [6.45, 7) is 4.26. The number of nitrogens with zero attached hydrogens (tertiary/aromatic N) is 1. The molecule has 3 aromatic rings. The summed E-state index contributed by atoms with van der Waals surface area (Å²) in [4.78, 5) is 2.07. The van der Waals surface area contributed by atoms with Crippen LogP contribution >= 0.6 is 7.60 Å². The molecule has 0 radical (unpaired) electrons. The Hall–Kier alpha value is -2.85. The molecule has 0 aromatic heterocycles. The molecule has 0 bridgehead atoms. The van der Waals surface area contributed by atoms with Gasteiger partial charge in [0, 0.05) is 5.69 Å². The first-order valence-corrected chi connectivity index (χ1v) is 12.4. The Morgan fingerprint density at radius 3 is 2.09 bits per heavy atom. The third kappa shape index (κ3) is 4.24. The van der Waals surface area contributed by atoms with Crippen molar-refractivity contribution < 1.29 is 18.3 Å². The van der Waals surface area contributed by atoms with Crippen LogP contribution in [0, 0.1) is 0 Å². The summed E-state index contributed by atoms with van der Waals surface area (Å²) in [7, 11) is -1.93. The Morgan fingerprint density at radius 1 is 0.844 bits per heavy atom. The molecule has 0 amide bonds. The first kappa shape index (κ1) is 22.3. The van der Waals surface area contributed by atoms with Crippen molar-refractivity contribution >= 4 is 25.1 Å². The zero-order valence-corrected chi connectivity index (χ0v) is 19.5. The van der Waals surface area contributed by atoms with Crippen LogP contribution in [0.3, 0.4) is 0 Å². The third-order valence-corrected chi connectivity index (χ3v) is 7.75. The third-order valence-electron chi connectivity index (χ3n) is 5.41. The van der Waals surface area contributed by atoms with Gasteiger partial charge in [0.2, 0.25) is 0 Å². The maximum absolute atomic E-state index is 14.3. The minimum atomic E-state index is -3.57. The summed E-state index contributed by atoms with van der Waals surface area (Å²) in [6, 6.07) is 25.8. The average molecular weight is 449 g/mol. The largest absolute Gasteiger partial charge is 0.497 e. The van der Waals surface area contributed by atoms with Crippen molar-refractivity contribution in [2.24, 2.45) is 0 Å². The van der Waals surface area contributed by atoms with E-state index in [0.29, 0.717) is 0 Å². The molecule has 166 valence electrons. The standard InChI is InChI=1S/C26H28NO4P/c1-4-30-32(28,31-5-2)26-24-14-10-9-13-21(24)19-25(20-11-7-6-8-12-20)27(26)22-15-17-23(29-3)18-16-22/h6-19,26H,4-5H2,1-3H3. The van der Waals surface area contributed by atoms with E-state index in [9.17, 15) is 4.57 Å². The summed E-state index contributed by atoms with van der Waals surface area (Å²) < 4.78 is 31.4. The molecule has 0 saturated carbocycles. The van der Waals surface area contributed by atoms with E-state index in [1.165, 1.54) is 0 Å². The second kappa shape index (κ2) is 9.74. The molecule has 0 aliphatic carbocycles. The predicted octanol–water partition coefficient (Wildman–Crippen LogP) is 6.98. The molecule has 0 fully saturated rings. The number of benzene rings is 3. The van der Waals surface area contributed by atoms with Crippen molar-refractivity contribution in [3.05, 3.63) is 95.6 Å². The fraction of sp³-hybridized carbons (Fsp3) is 0.231. The minimum absolute atomic E-state index is 0.288. The Balaban J connectivity index is 1.99. The molecule has 1 unspecified atom stereocenters. The van der Waals surface area contributed by atoms with Crippen molar-refractivity contribution in [2.45, 2.75) is 19.6 Å². The lowest BCUT2D eigenvalue weighted by Crippen LogP contribution is -2.31. The van der Waals surface area contributed by atoms with Crippen molar-refractivity contribution in [3.8, 4) is 5.75 Å². The van der Waals surface area contributed by atoms with Crippen molar-refractivity contribution in [3.63, 3.8) is 0 Å². The van der Waals surface area contributed by atoms with Crippen LogP contribution in [0.25, 0.3) is 11.8 Å². The van der Waals surface area contributed by atoms with Crippen LogP contribution in [-0.2, 0) is 13.6 Å². The molecule has 1 aliphatic heterocycles. The predicted molar refractivity (Wildman–Crippen MR) is 130 cm³/mol. The van der Waals surface area contributed by atoms with Crippen molar-refractivity contribution in [2.75, 3.05) is 25.2 Å². The maximum Gasteiger partial charge on any atom is 0.357 e. The first-order chi connectivity index (χ1) is 15.6. The van der Waals surface area contributed by atoms with Gasteiger partial charge in [0.25, 0.3) is 0 Å². The Kier molecular flexibility index (Phi) is 6.80. The zero-order chi connectivity index (χ0) is 22.6. The highest BCUT2D eigenvalue weighted by Gasteiger charge is 2.45. The average Bonchev–Trinajstić information content (AvgIpc) is 2.83. The van der Waals surface area contributed by atoms with E-state index >= 15 is 0 Å². The van der Waals surface area contributed by atoms with Crippen molar-refractivity contribution in [1.29, 1.82) is 0 Å². The van der Waals surface area contributed by atoms with Crippen LogP contribution in [0.2, 0.25) is 0 Å². The van der Waals surface area contributed by atoms with Crippen LogP contribution in [0.5, 0.6) is 5.75 Å². The van der Waals surface area contributed by atoms with Crippen LogP contribution in [0.15, 0.2) is 78.9 Å². The fourth-order valence-corrected chi connectivity index (χ4v) is 6.26. The van der Waals surface area contributed by atoms with Gasteiger partial charge < -0.3 is 18.7 Å². The summed E-state index contributed by atoms with van der Waals surface area (Å²) in [6.07, 6.45) is 2.13. The molecule has 3 aromatic carbocycles. The number of rotatable bonds is 8. The van der Waals surface area contributed by atoms with Crippen LogP contribution < -0.4 is 9.64 Å². The van der Waals surface area contributed by atoms with Gasteiger partial charge in [0.05, 0.1) is 26.0 Å². The van der Waals surface area contributed by atoms with Crippen LogP contribution in [0.4, 0.5) is 5.69 Å². The molecule has 6 heteroatoms. The number of anilines is 1. The van der Waals surface area contributed by atoms with Gasteiger partial charge in [0.1, 0.15) is 5.75 Å². The van der Waals surface area contributed by atoms with E-state index in [1.54, 1.807) is 7.11 Å². The van der Waals surface area contributed by atoms with Gasteiger partial charge in [-0.3, -0.25) is 4.57 Å². The summed E-state index contributed by atoms with van der Waals surface area (Å²) >= 11 is 0. The smallest absolute Gasteiger partial charge is 0.357 e. The van der Waals surface area contributed by atoms with E-state index in [1.807, 2.05) is 80.6 Å². The fourth-order valence-electron chi connectivity index (χ4n) is 4.07. The molecule has 1 aliphatic rings. The molecule has 0 saturated heterocycles. The molecule has 1 atom stereocenters. The molecular formula is C26H28NO4P. The van der Waals surface area contributed by atoms with Crippen LogP contribution in [-0.4, -0.2) is 20.3 Å². The molecular weight excluding hydrogens is 421 g/mol. The molecule has 4 rings (SSSR count). The highest BCUT2D eigenvalue weighted by molar-refractivity contribution is 7.54. The summed E-state index contributed by atoms with van der Waals surface area (Å²) in [5, 5.41) is 0. The monoisotopic (exact) mass is 449 g/mol. The van der Waals surface area contributed by atoms with Gasteiger partial charge in [0.15, 0.2) is 5.78 Å². The molecule has 0 spiro atoms. The Bertz CT molecular complexity index is 1120. The minimum Gasteiger partial charge on any atom is -0.497 e. The number of hydrogen-bond acceptors (Lipinski definition) is 5. The van der Waals surface area contributed by atoms with Crippen molar-refractivity contribution in [1.82, 2.24) is 0 Å². The van der Waals surface area contributed by atoms with E-state index in [-0.39, 0.29) is 13.2 Å². The highest BCUT2D eigenvalue weighted by atomic mass is 31.2. The van der Waals surface area contributed by atoms with E-state index in [2.05, 4.69) is 23.1 Å². The Labute approximate surface area is 189 Å². The lowest BCUT2D eigenvalue weighted by atomic mass is 9.97. The number of methoxy groups -OCH3 is 1. The number of hydrogen-bond donors (Lipinski definition) is 0.